The van der Waals surface area contributed by atoms with Crippen molar-refractivity contribution in [2.24, 2.45) is 5.92 Å². The first-order valence-corrected chi connectivity index (χ1v) is 10.2. The fraction of sp³-hybridized carbons (Fsp3) is 0.474. The van der Waals surface area contributed by atoms with Gasteiger partial charge in [-0.2, -0.15) is 13.2 Å². The number of thiazole rings is 1. The van der Waals surface area contributed by atoms with Crippen LogP contribution in [-0.2, 0) is 16.1 Å². The van der Waals surface area contributed by atoms with Crippen LogP contribution in [0.5, 0.6) is 0 Å². The van der Waals surface area contributed by atoms with Crippen molar-refractivity contribution in [1.29, 1.82) is 0 Å². The zero-order chi connectivity index (χ0) is 23.1. The Morgan fingerprint density at radius 2 is 1.87 bits per heavy atom. The number of nitrogens with zero attached hydrogens (tertiary/aromatic N) is 2. The summed E-state index contributed by atoms with van der Waals surface area (Å²) in [6, 6.07) is 5.69. The van der Waals surface area contributed by atoms with Gasteiger partial charge < -0.3 is 15.5 Å². The van der Waals surface area contributed by atoms with Crippen molar-refractivity contribution in [3.05, 3.63) is 35.5 Å². The molecule has 0 aliphatic heterocycles. The predicted octanol–water partition coefficient (Wildman–Crippen LogP) is 3.91. The summed E-state index contributed by atoms with van der Waals surface area (Å²) in [5.74, 6) is -3.96. The van der Waals surface area contributed by atoms with Crippen LogP contribution in [0.1, 0.15) is 31.4 Å². The summed E-state index contributed by atoms with van der Waals surface area (Å²) < 4.78 is 46.4. The minimum absolute atomic E-state index is 0.232. The molecule has 3 N–H and O–H groups in total. The summed E-state index contributed by atoms with van der Waals surface area (Å²) in [4.78, 5) is 28.6. The molecule has 1 aliphatic carbocycles. The van der Waals surface area contributed by atoms with E-state index in [-0.39, 0.29) is 6.54 Å². The average Bonchev–Trinajstić information content (AvgIpc) is 3.17. The van der Waals surface area contributed by atoms with Crippen LogP contribution in [0.4, 0.5) is 17.6 Å². The number of aromatic nitrogens is 2. The first-order chi connectivity index (χ1) is 14.5. The summed E-state index contributed by atoms with van der Waals surface area (Å²) in [6.07, 6.45) is -1.93. The van der Waals surface area contributed by atoms with Crippen LogP contribution in [0, 0.1) is 5.92 Å². The number of nitrogens with one attached hydrogen (secondary N) is 1. The standard InChI is InChI=1S/C17H20FN3O2S.C2HF3O2/c18-17(6-4-12(5-7-17)16(22)23)11-19-9-13-10-24-15(21-13)14-3-1-2-8-20-14;3-2(4,5)1(6)7/h1-3,8,10,12,19H,4-7,9,11H2,(H,22,23);(H,6,7). The van der Waals surface area contributed by atoms with E-state index in [0.717, 1.165) is 16.4 Å². The highest BCUT2D eigenvalue weighted by atomic mass is 32.1. The normalized spacial score (nSPS) is 21.1. The first kappa shape index (κ1) is 24.7. The Kier molecular flexibility index (Phi) is 8.45. The van der Waals surface area contributed by atoms with Gasteiger partial charge in [0.25, 0.3) is 0 Å². The number of alkyl halides is 4. The number of pyridine rings is 1. The summed E-state index contributed by atoms with van der Waals surface area (Å²) in [5, 5.41) is 22.0. The van der Waals surface area contributed by atoms with Gasteiger partial charge in [-0.3, -0.25) is 9.78 Å². The number of hydrogen-bond acceptors (Lipinski definition) is 6. The van der Waals surface area contributed by atoms with Crippen molar-refractivity contribution in [2.75, 3.05) is 6.54 Å². The van der Waals surface area contributed by atoms with Gasteiger partial charge >= 0.3 is 18.1 Å². The van der Waals surface area contributed by atoms with E-state index in [1.807, 2.05) is 23.6 Å². The van der Waals surface area contributed by atoms with E-state index >= 15 is 0 Å². The van der Waals surface area contributed by atoms with E-state index in [4.69, 9.17) is 15.0 Å². The van der Waals surface area contributed by atoms with Crippen molar-refractivity contribution in [1.82, 2.24) is 15.3 Å². The Hall–Kier alpha value is -2.60. The maximum atomic E-state index is 14.7. The molecule has 0 radical (unpaired) electrons. The van der Waals surface area contributed by atoms with E-state index in [9.17, 15) is 22.4 Å². The Labute approximate surface area is 179 Å². The second-order valence-electron chi connectivity index (χ2n) is 7.03. The Morgan fingerprint density at radius 1 is 1.23 bits per heavy atom. The minimum atomic E-state index is -5.08. The van der Waals surface area contributed by atoms with Gasteiger partial charge in [-0.1, -0.05) is 6.07 Å². The number of hydrogen-bond donors (Lipinski definition) is 3. The lowest BCUT2D eigenvalue weighted by Crippen LogP contribution is -2.40. The number of carboxylic acid groups (broad SMARTS) is 2. The predicted molar refractivity (Wildman–Crippen MR) is 104 cm³/mol. The largest absolute Gasteiger partial charge is 0.490 e. The fourth-order valence-corrected chi connectivity index (χ4v) is 3.76. The van der Waals surface area contributed by atoms with Gasteiger partial charge in [0.1, 0.15) is 10.7 Å². The van der Waals surface area contributed by atoms with Crippen LogP contribution in [0.3, 0.4) is 0 Å². The van der Waals surface area contributed by atoms with Gasteiger partial charge in [0, 0.05) is 24.7 Å². The average molecular weight is 463 g/mol. The van der Waals surface area contributed by atoms with E-state index in [2.05, 4.69) is 15.3 Å². The fourth-order valence-electron chi connectivity index (χ4n) is 2.97. The third-order valence-corrected chi connectivity index (χ3v) is 5.57. The number of aliphatic carboxylic acids is 2. The summed E-state index contributed by atoms with van der Waals surface area (Å²) in [6.45, 7) is 0.729. The Balaban J connectivity index is 0.000000423. The van der Waals surface area contributed by atoms with Crippen LogP contribution < -0.4 is 5.32 Å². The molecule has 0 spiro atoms. The van der Waals surface area contributed by atoms with Crippen LogP contribution in [0.2, 0.25) is 0 Å². The van der Waals surface area contributed by atoms with Gasteiger partial charge in [0.05, 0.1) is 17.3 Å². The summed E-state index contributed by atoms with van der Waals surface area (Å²) >= 11 is 1.52. The second-order valence-corrected chi connectivity index (χ2v) is 7.89. The zero-order valence-corrected chi connectivity index (χ0v) is 17.0. The highest BCUT2D eigenvalue weighted by molar-refractivity contribution is 7.13. The molecule has 1 aliphatic rings. The van der Waals surface area contributed by atoms with Crippen molar-refractivity contribution < 1.29 is 37.4 Å². The lowest BCUT2D eigenvalue weighted by atomic mass is 9.80. The van der Waals surface area contributed by atoms with Gasteiger partial charge in [-0.25, -0.2) is 14.2 Å². The molecule has 12 heteroatoms. The Morgan fingerprint density at radius 3 is 2.39 bits per heavy atom. The molecule has 0 saturated heterocycles. The topological polar surface area (TPSA) is 112 Å². The third-order valence-electron chi connectivity index (χ3n) is 4.66. The molecule has 31 heavy (non-hydrogen) atoms. The van der Waals surface area contributed by atoms with Crippen molar-refractivity contribution in [3.63, 3.8) is 0 Å². The number of halogens is 4. The number of carbonyl (C=O) groups is 2. The molecule has 0 amide bonds. The number of carboxylic acids is 2. The molecule has 7 nitrogen and oxygen atoms in total. The van der Waals surface area contributed by atoms with Gasteiger partial charge in [-0.15, -0.1) is 11.3 Å². The number of rotatable bonds is 6. The third kappa shape index (κ3) is 7.87. The quantitative estimate of drug-likeness (QED) is 0.557. The highest BCUT2D eigenvalue weighted by Gasteiger charge is 2.38. The van der Waals surface area contributed by atoms with E-state index in [1.165, 1.54) is 11.3 Å². The summed E-state index contributed by atoms with van der Waals surface area (Å²) in [7, 11) is 0. The molecule has 2 aromatic heterocycles. The molecule has 1 saturated carbocycles. The van der Waals surface area contributed by atoms with Crippen molar-refractivity contribution in [3.8, 4) is 10.7 Å². The lowest BCUT2D eigenvalue weighted by Gasteiger charge is -2.32. The molecule has 170 valence electrons. The second kappa shape index (κ2) is 10.6. The lowest BCUT2D eigenvalue weighted by molar-refractivity contribution is -0.192. The monoisotopic (exact) mass is 463 g/mol. The summed E-state index contributed by atoms with van der Waals surface area (Å²) in [5.41, 5.74) is 0.386. The van der Waals surface area contributed by atoms with E-state index in [1.54, 1.807) is 6.20 Å². The maximum absolute atomic E-state index is 14.7. The van der Waals surface area contributed by atoms with Crippen molar-refractivity contribution >= 4 is 23.3 Å². The van der Waals surface area contributed by atoms with E-state index < -0.39 is 29.7 Å². The van der Waals surface area contributed by atoms with Crippen LogP contribution in [0.25, 0.3) is 10.7 Å². The van der Waals surface area contributed by atoms with Crippen LogP contribution in [0.15, 0.2) is 29.8 Å². The molecular weight excluding hydrogens is 442 g/mol. The molecule has 2 heterocycles. The maximum Gasteiger partial charge on any atom is 0.490 e. The SMILES string of the molecule is O=C(O)C(F)(F)F.O=C(O)C1CCC(F)(CNCc2csc(-c3ccccn3)n2)CC1. The van der Waals surface area contributed by atoms with Gasteiger partial charge in [-0.05, 0) is 37.8 Å². The smallest absolute Gasteiger partial charge is 0.481 e. The first-order valence-electron chi connectivity index (χ1n) is 9.28. The molecular formula is C19H21F4N3O4S. The molecule has 3 rings (SSSR count). The zero-order valence-electron chi connectivity index (χ0n) is 16.2. The molecule has 0 unspecified atom stereocenters. The molecule has 1 fully saturated rings. The molecule has 0 atom stereocenters. The molecule has 2 aromatic rings. The van der Waals surface area contributed by atoms with Gasteiger partial charge in [0.2, 0.25) is 0 Å². The Bertz CT molecular complexity index is 869. The van der Waals surface area contributed by atoms with Gasteiger partial charge in [0.15, 0.2) is 0 Å². The van der Waals surface area contributed by atoms with Crippen molar-refractivity contribution in [2.45, 2.75) is 44.1 Å². The molecule has 0 aromatic carbocycles. The minimum Gasteiger partial charge on any atom is -0.481 e. The van der Waals surface area contributed by atoms with E-state index in [0.29, 0.717) is 32.2 Å². The van der Waals surface area contributed by atoms with Crippen LogP contribution >= 0.6 is 11.3 Å². The highest BCUT2D eigenvalue weighted by Crippen LogP contribution is 2.35. The van der Waals surface area contributed by atoms with Crippen LogP contribution in [-0.4, -0.2) is 50.5 Å². The molecule has 0 bridgehead atoms.